The van der Waals surface area contributed by atoms with Gasteiger partial charge in [0.1, 0.15) is 0 Å². The first-order valence-electron chi connectivity index (χ1n) is 4.37. The first kappa shape index (κ1) is 11.1. The number of aromatic nitrogens is 1. The molecule has 0 aliphatic heterocycles. The molecule has 0 saturated carbocycles. The van der Waals surface area contributed by atoms with Gasteiger partial charge in [-0.1, -0.05) is 0 Å². The third-order valence-electron chi connectivity index (χ3n) is 1.97. The Morgan fingerprint density at radius 2 is 2.14 bits per heavy atom. The summed E-state index contributed by atoms with van der Waals surface area (Å²) in [6.07, 6.45) is -3.31. The van der Waals surface area contributed by atoms with Crippen molar-refractivity contribution in [1.82, 2.24) is 4.57 Å². The van der Waals surface area contributed by atoms with Crippen LogP contribution in [0.1, 0.15) is 25.1 Å². The van der Waals surface area contributed by atoms with Crippen molar-refractivity contribution < 1.29 is 13.2 Å². The van der Waals surface area contributed by atoms with Gasteiger partial charge < -0.3 is 10.3 Å². The van der Waals surface area contributed by atoms with E-state index in [0.717, 1.165) is 5.69 Å². The highest BCUT2D eigenvalue weighted by Crippen LogP contribution is 2.21. The molecular formula is C9H13F3N2. The van der Waals surface area contributed by atoms with Crippen molar-refractivity contribution in [3.63, 3.8) is 0 Å². The molecule has 0 saturated heterocycles. The minimum atomic E-state index is -4.11. The largest absolute Gasteiger partial charge is 0.390 e. The minimum absolute atomic E-state index is 0.0621. The van der Waals surface area contributed by atoms with E-state index in [4.69, 9.17) is 5.73 Å². The zero-order chi connectivity index (χ0) is 10.8. The van der Waals surface area contributed by atoms with Gasteiger partial charge >= 0.3 is 6.18 Å². The normalized spacial score (nSPS) is 14.4. The van der Waals surface area contributed by atoms with Crippen LogP contribution >= 0.6 is 0 Å². The summed E-state index contributed by atoms with van der Waals surface area (Å²) in [5.41, 5.74) is 6.33. The Morgan fingerprint density at radius 1 is 1.50 bits per heavy atom. The maximum atomic E-state index is 11.9. The van der Waals surface area contributed by atoms with Crippen molar-refractivity contribution in [3.05, 3.63) is 24.0 Å². The number of alkyl halides is 3. The van der Waals surface area contributed by atoms with Crippen LogP contribution in [0.3, 0.4) is 0 Å². The third-order valence-corrected chi connectivity index (χ3v) is 1.97. The van der Waals surface area contributed by atoms with Crippen molar-refractivity contribution >= 4 is 0 Å². The van der Waals surface area contributed by atoms with Crippen LogP contribution in [0, 0.1) is 0 Å². The van der Waals surface area contributed by atoms with Gasteiger partial charge in [0.15, 0.2) is 0 Å². The Kier molecular flexibility index (Phi) is 3.21. The van der Waals surface area contributed by atoms with Crippen molar-refractivity contribution in [3.8, 4) is 0 Å². The molecule has 0 amide bonds. The fourth-order valence-corrected chi connectivity index (χ4v) is 1.29. The molecule has 0 spiro atoms. The highest BCUT2D eigenvalue weighted by molar-refractivity contribution is 5.10. The lowest BCUT2D eigenvalue weighted by molar-refractivity contribution is -0.136. The second-order valence-electron chi connectivity index (χ2n) is 3.28. The van der Waals surface area contributed by atoms with Gasteiger partial charge in [0.05, 0.1) is 6.42 Å². The summed E-state index contributed by atoms with van der Waals surface area (Å²) >= 11 is 0. The van der Waals surface area contributed by atoms with Crippen LogP contribution in [0.5, 0.6) is 0 Å². The lowest BCUT2D eigenvalue weighted by Gasteiger charge is -2.13. The van der Waals surface area contributed by atoms with Gasteiger partial charge in [-0.15, -0.1) is 0 Å². The van der Waals surface area contributed by atoms with E-state index in [1.807, 2.05) is 0 Å². The fourth-order valence-electron chi connectivity index (χ4n) is 1.29. The Morgan fingerprint density at radius 3 is 2.64 bits per heavy atom. The molecule has 0 bridgehead atoms. The van der Waals surface area contributed by atoms with Gasteiger partial charge in [0.25, 0.3) is 0 Å². The molecule has 0 fully saturated rings. The van der Waals surface area contributed by atoms with E-state index in [1.165, 1.54) is 4.57 Å². The van der Waals surface area contributed by atoms with Crippen molar-refractivity contribution in [2.24, 2.45) is 5.73 Å². The van der Waals surface area contributed by atoms with E-state index in [-0.39, 0.29) is 12.6 Å². The summed E-state index contributed by atoms with van der Waals surface area (Å²) in [6.45, 7) is 1.69. The van der Waals surface area contributed by atoms with Gasteiger partial charge in [-0.3, -0.25) is 0 Å². The Bertz CT molecular complexity index is 288. The monoisotopic (exact) mass is 206 g/mol. The summed E-state index contributed by atoms with van der Waals surface area (Å²) in [5, 5.41) is 0. The van der Waals surface area contributed by atoms with Gasteiger partial charge in [0, 0.05) is 24.5 Å². The van der Waals surface area contributed by atoms with Crippen LogP contribution in [0.4, 0.5) is 13.2 Å². The maximum Gasteiger partial charge on any atom is 0.390 e. The van der Waals surface area contributed by atoms with Crippen LogP contribution in [0.2, 0.25) is 0 Å². The maximum absolute atomic E-state index is 11.9. The van der Waals surface area contributed by atoms with E-state index < -0.39 is 12.6 Å². The second-order valence-corrected chi connectivity index (χ2v) is 3.28. The summed E-state index contributed by atoms with van der Waals surface area (Å²) in [6, 6.07) is 3.20. The molecule has 1 heterocycles. The van der Waals surface area contributed by atoms with E-state index >= 15 is 0 Å². The van der Waals surface area contributed by atoms with Gasteiger partial charge in [-0.05, 0) is 19.1 Å². The topological polar surface area (TPSA) is 30.9 Å². The molecular weight excluding hydrogens is 193 g/mol. The number of nitrogens with two attached hydrogens (primary N) is 1. The summed E-state index contributed by atoms with van der Waals surface area (Å²) in [7, 11) is 0. The Hall–Kier alpha value is -0.970. The van der Waals surface area contributed by atoms with E-state index in [0.29, 0.717) is 0 Å². The van der Waals surface area contributed by atoms with Crippen LogP contribution in [-0.4, -0.2) is 10.7 Å². The van der Waals surface area contributed by atoms with E-state index in [1.54, 1.807) is 25.3 Å². The molecule has 0 aliphatic rings. The molecule has 1 unspecified atom stereocenters. The molecule has 0 aliphatic carbocycles. The van der Waals surface area contributed by atoms with Gasteiger partial charge in [0.2, 0.25) is 0 Å². The molecule has 14 heavy (non-hydrogen) atoms. The number of aryl methyl sites for hydroxylation is 1. The predicted octanol–water partition coefficient (Wildman–Crippen LogP) is 2.46. The molecule has 0 radical (unpaired) electrons. The summed E-state index contributed by atoms with van der Waals surface area (Å²) in [5.74, 6) is 0. The number of hydrogen-bond donors (Lipinski definition) is 1. The lowest BCUT2D eigenvalue weighted by atomic mass is 10.2. The summed E-state index contributed by atoms with van der Waals surface area (Å²) in [4.78, 5) is 0. The minimum Gasteiger partial charge on any atom is -0.350 e. The molecule has 2 N–H and O–H groups in total. The highest BCUT2D eigenvalue weighted by atomic mass is 19.4. The zero-order valence-electron chi connectivity index (χ0n) is 7.88. The third kappa shape index (κ3) is 3.06. The Balaban J connectivity index is 2.63. The van der Waals surface area contributed by atoms with E-state index in [2.05, 4.69) is 0 Å². The first-order valence-corrected chi connectivity index (χ1v) is 4.37. The number of hydrogen-bond acceptors (Lipinski definition) is 1. The van der Waals surface area contributed by atoms with Crippen molar-refractivity contribution in [1.29, 1.82) is 0 Å². The standard InChI is InChI=1S/C9H13F3N2/c1-7(13)8-3-2-5-14(8)6-4-9(10,11)12/h2-3,5,7H,4,6,13H2,1H3. The molecule has 1 rings (SSSR count). The molecule has 80 valence electrons. The fraction of sp³-hybridized carbons (Fsp3) is 0.556. The van der Waals surface area contributed by atoms with Crippen molar-refractivity contribution in [2.45, 2.75) is 32.1 Å². The number of halogens is 3. The molecule has 1 atom stereocenters. The molecule has 1 aromatic heterocycles. The first-order chi connectivity index (χ1) is 6.40. The lowest BCUT2D eigenvalue weighted by Crippen LogP contribution is -2.16. The average Bonchev–Trinajstić information content (AvgIpc) is 2.46. The van der Waals surface area contributed by atoms with Crippen LogP contribution in [-0.2, 0) is 6.54 Å². The molecule has 2 nitrogen and oxygen atoms in total. The SMILES string of the molecule is CC(N)c1cccn1CCC(F)(F)F. The molecule has 1 aromatic rings. The predicted molar refractivity (Wildman–Crippen MR) is 47.7 cm³/mol. The molecule has 0 aromatic carbocycles. The summed E-state index contributed by atoms with van der Waals surface area (Å²) < 4.78 is 37.3. The smallest absolute Gasteiger partial charge is 0.350 e. The highest BCUT2D eigenvalue weighted by Gasteiger charge is 2.26. The second kappa shape index (κ2) is 4.04. The molecule has 5 heteroatoms. The van der Waals surface area contributed by atoms with E-state index in [9.17, 15) is 13.2 Å². The van der Waals surface area contributed by atoms with Gasteiger partial charge in [-0.25, -0.2) is 0 Å². The number of rotatable bonds is 3. The zero-order valence-corrected chi connectivity index (χ0v) is 7.88. The van der Waals surface area contributed by atoms with Crippen molar-refractivity contribution in [2.75, 3.05) is 0 Å². The Labute approximate surface area is 80.5 Å². The van der Waals surface area contributed by atoms with Crippen LogP contribution in [0.15, 0.2) is 18.3 Å². The quantitative estimate of drug-likeness (QED) is 0.809. The van der Waals surface area contributed by atoms with Crippen LogP contribution < -0.4 is 5.73 Å². The van der Waals surface area contributed by atoms with Gasteiger partial charge in [-0.2, -0.15) is 13.2 Å². The number of nitrogens with zero attached hydrogens (tertiary/aromatic N) is 1. The van der Waals surface area contributed by atoms with Crippen LogP contribution in [0.25, 0.3) is 0 Å². The average molecular weight is 206 g/mol.